The molecule has 1 aliphatic carbocycles. The van der Waals surface area contributed by atoms with Crippen LogP contribution in [0.25, 0.3) is 0 Å². The highest BCUT2D eigenvalue weighted by Gasteiger charge is 2.45. The number of benzene rings is 2. The van der Waals surface area contributed by atoms with Crippen molar-refractivity contribution >= 4 is 23.5 Å². The van der Waals surface area contributed by atoms with E-state index >= 15 is 0 Å². The van der Waals surface area contributed by atoms with E-state index in [1.807, 2.05) is 31.2 Å². The Morgan fingerprint density at radius 3 is 2.32 bits per heavy atom. The van der Waals surface area contributed by atoms with Crippen LogP contribution in [0.3, 0.4) is 0 Å². The molecule has 3 N–H and O–H groups in total. The van der Waals surface area contributed by atoms with Crippen molar-refractivity contribution in [1.82, 2.24) is 5.32 Å². The third kappa shape index (κ3) is 4.22. The fourth-order valence-corrected chi connectivity index (χ4v) is 3.64. The minimum atomic E-state index is -1.14. The standard InChI is InChI=1S/C22H24N2O4/c1-2-10-23-20(26)15-8-5-9-18(11-15)24-19(25)14-22(21(27)28)12-16-6-3-4-7-17(16)13-22/h3-9,11H,2,10,12-14H2,1H3,(H,23,26)(H,24,25)(H,27,28). The van der Waals surface area contributed by atoms with Crippen molar-refractivity contribution in [2.24, 2.45) is 5.41 Å². The molecule has 0 unspecified atom stereocenters. The Morgan fingerprint density at radius 1 is 1.04 bits per heavy atom. The zero-order chi connectivity index (χ0) is 20.1. The van der Waals surface area contributed by atoms with Gasteiger partial charge in [0, 0.05) is 24.2 Å². The number of hydrogen-bond donors (Lipinski definition) is 3. The highest BCUT2D eigenvalue weighted by Crippen LogP contribution is 2.40. The van der Waals surface area contributed by atoms with Crippen molar-refractivity contribution in [1.29, 1.82) is 0 Å². The Labute approximate surface area is 164 Å². The van der Waals surface area contributed by atoms with E-state index in [2.05, 4.69) is 10.6 Å². The van der Waals surface area contributed by atoms with Crippen molar-refractivity contribution in [2.75, 3.05) is 11.9 Å². The number of aliphatic carboxylic acids is 1. The van der Waals surface area contributed by atoms with Gasteiger partial charge in [-0.25, -0.2) is 0 Å². The summed E-state index contributed by atoms with van der Waals surface area (Å²) in [6.45, 7) is 2.55. The number of amides is 2. The molecule has 1 aliphatic rings. The summed E-state index contributed by atoms with van der Waals surface area (Å²) >= 11 is 0. The van der Waals surface area contributed by atoms with Gasteiger partial charge in [0.05, 0.1) is 5.41 Å². The van der Waals surface area contributed by atoms with E-state index in [-0.39, 0.29) is 18.2 Å². The van der Waals surface area contributed by atoms with E-state index in [1.165, 1.54) is 0 Å². The van der Waals surface area contributed by atoms with E-state index in [1.54, 1.807) is 24.3 Å². The van der Waals surface area contributed by atoms with E-state index in [0.29, 0.717) is 30.6 Å². The lowest BCUT2D eigenvalue weighted by molar-refractivity contribution is -0.150. The Kier molecular flexibility index (Phi) is 5.78. The number of carboxylic acids is 1. The van der Waals surface area contributed by atoms with Gasteiger partial charge < -0.3 is 15.7 Å². The van der Waals surface area contributed by atoms with Gasteiger partial charge in [-0.15, -0.1) is 0 Å². The van der Waals surface area contributed by atoms with Crippen LogP contribution in [0, 0.1) is 5.41 Å². The van der Waals surface area contributed by atoms with Gasteiger partial charge in [-0.3, -0.25) is 14.4 Å². The predicted octanol–water partition coefficient (Wildman–Crippen LogP) is 3.02. The second-order valence-electron chi connectivity index (χ2n) is 7.27. The molecule has 3 rings (SSSR count). The third-order valence-corrected chi connectivity index (χ3v) is 5.07. The van der Waals surface area contributed by atoms with Crippen LogP contribution in [0.4, 0.5) is 5.69 Å². The number of fused-ring (bicyclic) bond motifs is 1. The molecule has 28 heavy (non-hydrogen) atoms. The minimum absolute atomic E-state index is 0.122. The number of rotatable bonds is 7. The monoisotopic (exact) mass is 380 g/mol. The first-order chi connectivity index (χ1) is 13.4. The average molecular weight is 380 g/mol. The van der Waals surface area contributed by atoms with Crippen LogP contribution in [0.5, 0.6) is 0 Å². The molecular weight excluding hydrogens is 356 g/mol. The molecular formula is C22H24N2O4. The maximum absolute atomic E-state index is 12.6. The average Bonchev–Trinajstić information content (AvgIpc) is 3.05. The Balaban J connectivity index is 1.70. The number of carbonyl (C=O) groups excluding carboxylic acids is 2. The molecule has 0 aliphatic heterocycles. The maximum atomic E-state index is 12.6. The molecule has 0 atom stereocenters. The van der Waals surface area contributed by atoms with Crippen LogP contribution >= 0.6 is 0 Å². The number of hydrogen-bond acceptors (Lipinski definition) is 3. The molecule has 0 bridgehead atoms. The first kappa shape index (κ1) is 19.6. The summed E-state index contributed by atoms with van der Waals surface area (Å²) in [6, 6.07) is 14.2. The number of carboxylic acid groups (broad SMARTS) is 1. The maximum Gasteiger partial charge on any atom is 0.310 e. The van der Waals surface area contributed by atoms with Crippen molar-refractivity contribution in [3.8, 4) is 0 Å². The molecule has 6 heteroatoms. The van der Waals surface area contributed by atoms with Gasteiger partial charge >= 0.3 is 5.97 Å². The summed E-state index contributed by atoms with van der Waals surface area (Å²) in [5.41, 5.74) is 1.75. The van der Waals surface area contributed by atoms with Crippen LogP contribution in [0.2, 0.25) is 0 Å². The number of carbonyl (C=O) groups is 3. The first-order valence-corrected chi connectivity index (χ1v) is 9.42. The lowest BCUT2D eigenvalue weighted by Crippen LogP contribution is -2.36. The lowest BCUT2D eigenvalue weighted by Gasteiger charge is -2.23. The molecule has 6 nitrogen and oxygen atoms in total. The van der Waals surface area contributed by atoms with Crippen molar-refractivity contribution in [3.63, 3.8) is 0 Å². The lowest BCUT2D eigenvalue weighted by atomic mass is 9.81. The molecule has 146 valence electrons. The molecule has 0 saturated carbocycles. The molecule has 2 aromatic rings. The van der Waals surface area contributed by atoms with Crippen LogP contribution < -0.4 is 10.6 Å². The van der Waals surface area contributed by atoms with Crippen molar-refractivity contribution < 1.29 is 19.5 Å². The predicted molar refractivity (Wildman–Crippen MR) is 106 cm³/mol. The van der Waals surface area contributed by atoms with Gasteiger partial charge in [0.15, 0.2) is 0 Å². The molecule has 0 aromatic heterocycles. The summed E-state index contributed by atoms with van der Waals surface area (Å²) in [6.07, 6.45) is 1.39. The highest BCUT2D eigenvalue weighted by molar-refractivity contribution is 5.98. The van der Waals surface area contributed by atoms with Gasteiger partial charge in [-0.1, -0.05) is 37.3 Å². The zero-order valence-corrected chi connectivity index (χ0v) is 15.8. The summed E-state index contributed by atoms with van der Waals surface area (Å²) in [7, 11) is 0. The van der Waals surface area contributed by atoms with Crippen LogP contribution in [0.15, 0.2) is 48.5 Å². The largest absolute Gasteiger partial charge is 0.481 e. The third-order valence-electron chi connectivity index (χ3n) is 5.07. The molecule has 0 fully saturated rings. The summed E-state index contributed by atoms with van der Waals surface area (Å²) < 4.78 is 0. The van der Waals surface area contributed by atoms with Crippen molar-refractivity contribution in [3.05, 3.63) is 65.2 Å². The van der Waals surface area contributed by atoms with Gasteiger partial charge in [0.2, 0.25) is 5.91 Å². The SMILES string of the molecule is CCCNC(=O)c1cccc(NC(=O)CC2(C(=O)O)Cc3ccccc3C2)c1. The number of nitrogens with one attached hydrogen (secondary N) is 2. The van der Waals surface area contributed by atoms with Gasteiger partial charge in [0.25, 0.3) is 5.91 Å². The Hall–Kier alpha value is -3.15. The Bertz CT molecular complexity index is 882. The van der Waals surface area contributed by atoms with Gasteiger partial charge in [-0.2, -0.15) is 0 Å². The molecule has 0 heterocycles. The smallest absolute Gasteiger partial charge is 0.310 e. The molecule has 0 spiro atoms. The fraction of sp³-hybridized carbons (Fsp3) is 0.318. The zero-order valence-electron chi connectivity index (χ0n) is 15.8. The van der Waals surface area contributed by atoms with Crippen LogP contribution in [-0.4, -0.2) is 29.4 Å². The Morgan fingerprint density at radius 2 is 1.71 bits per heavy atom. The molecule has 0 radical (unpaired) electrons. The topological polar surface area (TPSA) is 95.5 Å². The summed E-state index contributed by atoms with van der Waals surface area (Å²) in [5, 5.41) is 15.4. The fourth-order valence-electron chi connectivity index (χ4n) is 3.64. The normalized spacial score (nSPS) is 14.2. The van der Waals surface area contributed by atoms with E-state index < -0.39 is 11.4 Å². The van der Waals surface area contributed by atoms with Gasteiger partial charge in [0.1, 0.15) is 0 Å². The highest BCUT2D eigenvalue weighted by atomic mass is 16.4. The summed E-state index contributed by atoms with van der Waals surface area (Å²) in [5.74, 6) is -1.54. The molecule has 2 aromatic carbocycles. The summed E-state index contributed by atoms with van der Waals surface area (Å²) in [4.78, 5) is 36.7. The first-order valence-electron chi connectivity index (χ1n) is 9.42. The van der Waals surface area contributed by atoms with Crippen molar-refractivity contribution in [2.45, 2.75) is 32.6 Å². The van der Waals surface area contributed by atoms with Gasteiger partial charge in [-0.05, 0) is 48.6 Å². The van der Waals surface area contributed by atoms with Crippen LogP contribution in [-0.2, 0) is 22.4 Å². The second kappa shape index (κ2) is 8.25. The molecule has 0 saturated heterocycles. The number of anilines is 1. The van der Waals surface area contributed by atoms with Crippen LogP contribution in [0.1, 0.15) is 41.3 Å². The van der Waals surface area contributed by atoms with E-state index in [9.17, 15) is 19.5 Å². The molecule has 2 amide bonds. The minimum Gasteiger partial charge on any atom is -0.481 e. The van der Waals surface area contributed by atoms with E-state index in [4.69, 9.17) is 0 Å². The second-order valence-corrected chi connectivity index (χ2v) is 7.27. The quantitative estimate of drug-likeness (QED) is 0.688. The van der Waals surface area contributed by atoms with E-state index in [0.717, 1.165) is 17.5 Å².